The van der Waals surface area contributed by atoms with E-state index >= 15 is 0 Å². The molecule has 0 saturated carbocycles. The van der Waals surface area contributed by atoms with E-state index in [1.807, 2.05) is 0 Å². The zero-order valence-electron chi connectivity index (χ0n) is 5.83. The minimum Gasteiger partial charge on any atom is -0.610 e. The number of carbonyl (C=O) groups excluding carboxylic acids is 1. The molecule has 3 N–H and O–H groups in total. The van der Waals surface area contributed by atoms with E-state index in [1.165, 1.54) is 12.3 Å². The van der Waals surface area contributed by atoms with Gasteiger partial charge < -0.3 is 10.3 Å². The number of carbonyl (C=O) groups is 1. The standard InChI is InChI=1S/C5H7N3O2S/c1-11(10)4-2-3(5(6)9)7-8-4/h2H,1H3,(H2,6,9)(H,7,8). The number of hydrogen-bond donors (Lipinski definition) is 2. The summed E-state index contributed by atoms with van der Waals surface area (Å²) in [5.41, 5.74) is 5.01. The van der Waals surface area contributed by atoms with Crippen molar-refractivity contribution < 1.29 is 9.35 Å². The summed E-state index contributed by atoms with van der Waals surface area (Å²) >= 11 is -1.15. The van der Waals surface area contributed by atoms with E-state index in [0.717, 1.165) is 0 Å². The Hall–Kier alpha value is -1.01. The molecule has 1 unspecified atom stereocenters. The molecular weight excluding hydrogens is 166 g/mol. The number of amides is 1. The first-order valence-electron chi connectivity index (χ1n) is 2.80. The van der Waals surface area contributed by atoms with Crippen molar-refractivity contribution in [3.05, 3.63) is 11.8 Å². The van der Waals surface area contributed by atoms with Crippen molar-refractivity contribution in [1.29, 1.82) is 0 Å². The van der Waals surface area contributed by atoms with Crippen LogP contribution < -0.4 is 5.73 Å². The molecule has 5 nitrogen and oxygen atoms in total. The highest BCUT2D eigenvalue weighted by atomic mass is 32.2. The topological polar surface area (TPSA) is 94.8 Å². The minimum absolute atomic E-state index is 0.107. The summed E-state index contributed by atoms with van der Waals surface area (Å²) in [6.45, 7) is 0. The lowest BCUT2D eigenvalue weighted by Crippen LogP contribution is -2.11. The number of hydrogen-bond acceptors (Lipinski definition) is 3. The first-order valence-corrected chi connectivity index (χ1v) is 4.35. The van der Waals surface area contributed by atoms with Crippen molar-refractivity contribution in [3.63, 3.8) is 0 Å². The zero-order valence-corrected chi connectivity index (χ0v) is 6.64. The molecule has 1 amide bonds. The zero-order chi connectivity index (χ0) is 8.43. The maximum Gasteiger partial charge on any atom is 0.269 e. The van der Waals surface area contributed by atoms with Crippen molar-refractivity contribution in [2.45, 2.75) is 5.03 Å². The Labute approximate surface area is 66.2 Å². The molecular formula is C5H7N3O2S. The summed E-state index contributed by atoms with van der Waals surface area (Å²) in [5.74, 6) is -0.627. The molecule has 1 aromatic rings. The first kappa shape index (κ1) is 8.09. The van der Waals surface area contributed by atoms with E-state index in [1.54, 1.807) is 0 Å². The highest BCUT2D eigenvalue weighted by Crippen LogP contribution is 2.05. The van der Waals surface area contributed by atoms with Crippen molar-refractivity contribution in [1.82, 2.24) is 10.2 Å². The highest BCUT2D eigenvalue weighted by Gasteiger charge is 2.11. The summed E-state index contributed by atoms with van der Waals surface area (Å²) in [7, 11) is 0. The molecule has 0 aliphatic heterocycles. The predicted molar refractivity (Wildman–Crippen MR) is 39.4 cm³/mol. The normalized spacial score (nSPS) is 12.9. The number of aromatic amines is 1. The lowest BCUT2D eigenvalue weighted by Gasteiger charge is -1.96. The smallest absolute Gasteiger partial charge is 0.269 e. The summed E-state index contributed by atoms with van der Waals surface area (Å²) in [6, 6.07) is 1.37. The van der Waals surface area contributed by atoms with Gasteiger partial charge in [0, 0.05) is 17.2 Å². The molecule has 11 heavy (non-hydrogen) atoms. The molecule has 1 atom stereocenters. The van der Waals surface area contributed by atoms with Crippen LogP contribution in [-0.2, 0) is 11.2 Å². The van der Waals surface area contributed by atoms with Crippen molar-refractivity contribution in [2.24, 2.45) is 5.73 Å². The number of rotatable bonds is 2. The Kier molecular flexibility index (Phi) is 2.16. The molecule has 0 aromatic carbocycles. The van der Waals surface area contributed by atoms with Crippen LogP contribution in [0.25, 0.3) is 0 Å². The van der Waals surface area contributed by atoms with Gasteiger partial charge in [-0.1, -0.05) is 0 Å². The van der Waals surface area contributed by atoms with Crippen molar-refractivity contribution in [2.75, 3.05) is 6.26 Å². The van der Waals surface area contributed by atoms with Crippen LogP contribution in [-0.4, -0.2) is 26.9 Å². The number of nitrogens with zero attached hydrogens (tertiary/aromatic N) is 1. The molecule has 0 radical (unpaired) electrons. The quantitative estimate of drug-likeness (QED) is 0.576. The summed E-state index contributed by atoms with van der Waals surface area (Å²) < 4.78 is 10.8. The first-order chi connectivity index (χ1) is 5.11. The molecule has 60 valence electrons. The molecule has 0 bridgehead atoms. The molecule has 0 fully saturated rings. The van der Waals surface area contributed by atoms with Crippen LogP contribution in [0.3, 0.4) is 0 Å². The number of H-pyrrole nitrogens is 1. The molecule has 0 saturated heterocycles. The Morgan fingerprint density at radius 2 is 2.55 bits per heavy atom. The van der Waals surface area contributed by atoms with Gasteiger partial charge in [0.1, 0.15) is 6.26 Å². The van der Waals surface area contributed by atoms with E-state index in [2.05, 4.69) is 10.2 Å². The fourth-order valence-corrected chi connectivity index (χ4v) is 1.03. The number of nitrogens with two attached hydrogens (primary N) is 1. The molecule has 1 rings (SSSR count). The monoisotopic (exact) mass is 173 g/mol. The van der Waals surface area contributed by atoms with Gasteiger partial charge in [-0.25, -0.2) is 5.10 Å². The molecule has 0 aliphatic rings. The van der Waals surface area contributed by atoms with Crippen LogP contribution in [0.15, 0.2) is 11.1 Å². The highest BCUT2D eigenvalue weighted by molar-refractivity contribution is 7.90. The van der Waals surface area contributed by atoms with Crippen molar-refractivity contribution >= 4 is 17.1 Å². The van der Waals surface area contributed by atoms with Crippen LogP contribution in [0.5, 0.6) is 0 Å². The van der Waals surface area contributed by atoms with Gasteiger partial charge in [0.2, 0.25) is 5.03 Å². The van der Waals surface area contributed by atoms with Crippen LogP contribution in [0.4, 0.5) is 0 Å². The van der Waals surface area contributed by atoms with E-state index in [9.17, 15) is 9.35 Å². The Bertz CT molecular complexity index is 270. The van der Waals surface area contributed by atoms with Gasteiger partial charge in [-0.05, 0) is 0 Å². The second-order valence-electron chi connectivity index (χ2n) is 1.94. The third-order valence-electron chi connectivity index (χ3n) is 1.12. The van der Waals surface area contributed by atoms with Crippen LogP contribution in [0, 0.1) is 0 Å². The van der Waals surface area contributed by atoms with Gasteiger partial charge in [-0.3, -0.25) is 4.79 Å². The van der Waals surface area contributed by atoms with E-state index < -0.39 is 17.1 Å². The second-order valence-corrected chi connectivity index (χ2v) is 3.28. The van der Waals surface area contributed by atoms with Crippen LogP contribution in [0.2, 0.25) is 0 Å². The number of nitrogens with one attached hydrogen (secondary N) is 1. The maximum absolute atomic E-state index is 10.8. The average Bonchev–Trinajstić information content (AvgIpc) is 2.33. The van der Waals surface area contributed by atoms with E-state index in [0.29, 0.717) is 5.03 Å². The van der Waals surface area contributed by atoms with Gasteiger partial charge in [-0.15, -0.1) is 0 Å². The van der Waals surface area contributed by atoms with Gasteiger partial charge in [-0.2, -0.15) is 5.10 Å². The summed E-state index contributed by atoms with van der Waals surface area (Å²) in [5, 5.41) is 6.38. The molecule has 1 heterocycles. The average molecular weight is 173 g/mol. The lowest BCUT2D eigenvalue weighted by atomic mass is 10.4. The van der Waals surface area contributed by atoms with Gasteiger partial charge in [0.15, 0.2) is 5.69 Å². The number of aromatic nitrogens is 2. The van der Waals surface area contributed by atoms with Crippen LogP contribution in [0.1, 0.15) is 10.5 Å². The third-order valence-corrected chi connectivity index (χ3v) is 1.95. The Morgan fingerprint density at radius 3 is 2.82 bits per heavy atom. The molecule has 6 heteroatoms. The summed E-state index contributed by atoms with van der Waals surface area (Å²) in [6.07, 6.45) is 1.48. The third kappa shape index (κ3) is 1.72. The fourth-order valence-electron chi connectivity index (χ4n) is 0.578. The number of primary amides is 1. The maximum atomic E-state index is 10.8. The van der Waals surface area contributed by atoms with E-state index in [-0.39, 0.29) is 5.69 Å². The Morgan fingerprint density at radius 1 is 1.91 bits per heavy atom. The lowest BCUT2D eigenvalue weighted by molar-refractivity contribution is 0.0995. The predicted octanol–water partition coefficient (Wildman–Crippen LogP) is -0.754. The van der Waals surface area contributed by atoms with Crippen molar-refractivity contribution in [3.8, 4) is 0 Å². The minimum atomic E-state index is -1.15. The van der Waals surface area contributed by atoms with Gasteiger partial charge in [0.25, 0.3) is 5.91 Å². The van der Waals surface area contributed by atoms with Gasteiger partial charge >= 0.3 is 0 Å². The molecule has 0 aliphatic carbocycles. The fraction of sp³-hybridized carbons (Fsp3) is 0.200. The largest absolute Gasteiger partial charge is 0.610 e. The summed E-state index contributed by atoms with van der Waals surface area (Å²) in [4.78, 5) is 10.5. The van der Waals surface area contributed by atoms with Crippen LogP contribution >= 0.6 is 0 Å². The Balaban J connectivity index is 2.90. The second kappa shape index (κ2) is 2.93. The molecule has 0 spiro atoms. The van der Waals surface area contributed by atoms with E-state index in [4.69, 9.17) is 5.73 Å². The van der Waals surface area contributed by atoms with Gasteiger partial charge in [0.05, 0.1) is 0 Å². The molecule has 1 aromatic heterocycles. The SMILES string of the molecule is C[S+]([O-])c1cc(C(N)=O)n[nH]1.